The highest BCUT2D eigenvalue weighted by Crippen LogP contribution is 2.19. The molecule has 6 heteroatoms. The van der Waals surface area contributed by atoms with E-state index in [0.717, 1.165) is 11.6 Å². The van der Waals surface area contributed by atoms with Crippen LogP contribution in [0.2, 0.25) is 0 Å². The van der Waals surface area contributed by atoms with Gasteiger partial charge in [0.2, 0.25) is 0 Å². The van der Waals surface area contributed by atoms with Crippen molar-refractivity contribution < 1.29 is 17.9 Å². The van der Waals surface area contributed by atoms with Crippen molar-refractivity contribution in [2.45, 2.75) is 17.7 Å². The summed E-state index contributed by atoms with van der Waals surface area (Å²) < 4.78 is 40.3. The summed E-state index contributed by atoms with van der Waals surface area (Å²) in [7, 11) is -3.96. The Morgan fingerprint density at radius 3 is 2.57 bits per heavy atom. The third-order valence-electron chi connectivity index (χ3n) is 2.93. The number of aliphatic hydroxyl groups excluding tert-OH is 1. The number of aryl methyl sites for hydroxylation is 1. The van der Waals surface area contributed by atoms with Crippen molar-refractivity contribution in [1.29, 1.82) is 0 Å². The molecule has 0 unspecified atom stereocenters. The van der Waals surface area contributed by atoms with E-state index in [1.54, 1.807) is 18.2 Å². The molecule has 2 aromatic carbocycles. The summed E-state index contributed by atoms with van der Waals surface area (Å²) in [6.07, 6.45) is 1.25. The SMILES string of the molecule is O=S(=O)(Nc1cccc(CCCO)c1)c1ccccc1F. The number of anilines is 1. The van der Waals surface area contributed by atoms with Gasteiger partial charge in [-0.3, -0.25) is 4.72 Å². The Labute approximate surface area is 123 Å². The highest BCUT2D eigenvalue weighted by atomic mass is 32.2. The molecule has 4 nitrogen and oxygen atoms in total. The van der Waals surface area contributed by atoms with Crippen molar-refractivity contribution in [2.24, 2.45) is 0 Å². The van der Waals surface area contributed by atoms with Crippen LogP contribution in [0, 0.1) is 5.82 Å². The fraction of sp³-hybridized carbons (Fsp3) is 0.200. The normalized spacial score (nSPS) is 11.3. The van der Waals surface area contributed by atoms with Gasteiger partial charge in [-0.05, 0) is 42.7 Å². The highest BCUT2D eigenvalue weighted by molar-refractivity contribution is 7.92. The van der Waals surface area contributed by atoms with Crippen LogP contribution >= 0.6 is 0 Å². The summed E-state index contributed by atoms with van der Waals surface area (Å²) in [5, 5.41) is 8.81. The molecular weight excluding hydrogens is 293 g/mol. The summed E-state index contributed by atoms with van der Waals surface area (Å²) in [4.78, 5) is -0.384. The molecule has 0 spiro atoms. The van der Waals surface area contributed by atoms with Crippen LogP contribution < -0.4 is 4.72 Å². The first-order valence-corrected chi connectivity index (χ1v) is 7.98. The van der Waals surface area contributed by atoms with Crippen LogP contribution in [0.3, 0.4) is 0 Å². The Morgan fingerprint density at radius 1 is 1.10 bits per heavy atom. The maximum Gasteiger partial charge on any atom is 0.264 e. The monoisotopic (exact) mass is 309 g/mol. The van der Waals surface area contributed by atoms with Crippen LogP contribution in [0.15, 0.2) is 53.4 Å². The van der Waals surface area contributed by atoms with E-state index in [4.69, 9.17) is 5.11 Å². The molecule has 2 aromatic rings. The number of benzene rings is 2. The maximum absolute atomic E-state index is 13.6. The van der Waals surface area contributed by atoms with Crippen LogP contribution in [0.1, 0.15) is 12.0 Å². The van der Waals surface area contributed by atoms with E-state index >= 15 is 0 Å². The zero-order valence-corrected chi connectivity index (χ0v) is 12.1. The minimum absolute atomic E-state index is 0.0746. The van der Waals surface area contributed by atoms with E-state index in [1.807, 2.05) is 6.07 Å². The van der Waals surface area contributed by atoms with E-state index in [2.05, 4.69) is 4.72 Å². The fourth-order valence-electron chi connectivity index (χ4n) is 1.95. The van der Waals surface area contributed by atoms with Gasteiger partial charge in [0.1, 0.15) is 10.7 Å². The largest absolute Gasteiger partial charge is 0.396 e. The first kappa shape index (κ1) is 15.5. The summed E-state index contributed by atoms with van der Waals surface area (Å²) in [5.41, 5.74) is 1.27. The van der Waals surface area contributed by atoms with Gasteiger partial charge in [0, 0.05) is 12.3 Å². The van der Waals surface area contributed by atoms with Crippen LogP contribution in [0.4, 0.5) is 10.1 Å². The first-order valence-electron chi connectivity index (χ1n) is 6.50. The lowest BCUT2D eigenvalue weighted by atomic mass is 10.1. The minimum atomic E-state index is -3.96. The second kappa shape index (κ2) is 6.69. The van der Waals surface area contributed by atoms with Gasteiger partial charge in [0.15, 0.2) is 0 Å². The van der Waals surface area contributed by atoms with Crippen LogP contribution in [0.25, 0.3) is 0 Å². The molecule has 0 aliphatic carbocycles. The Kier molecular flexibility index (Phi) is 4.93. The zero-order chi connectivity index (χ0) is 15.3. The van der Waals surface area contributed by atoms with Gasteiger partial charge < -0.3 is 5.11 Å². The molecule has 0 aliphatic rings. The number of hydrogen-bond acceptors (Lipinski definition) is 3. The lowest BCUT2D eigenvalue weighted by molar-refractivity contribution is 0.288. The average Bonchev–Trinajstić information content (AvgIpc) is 2.45. The van der Waals surface area contributed by atoms with Crippen LogP contribution in [-0.4, -0.2) is 20.1 Å². The van der Waals surface area contributed by atoms with Crippen molar-refractivity contribution >= 4 is 15.7 Å². The van der Waals surface area contributed by atoms with E-state index < -0.39 is 15.8 Å². The molecule has 0 heterocycles. The summed E-state index contributed by atoms with van der Waals surface area (Å²) in [5.74, 6) is -0.790. The maximum atomic E-state index is 13.6. The van der Waals surface area contributed by atoms with Crippen molar-refractivity contribution in [3.8, 4) is 0 Å². The summed E-state index contributed by atoms with van der Waals surface area (Å²) in [6.45, 7) is 0.0746. The summed E-state index contributed by atoms with van der Waals surface area (Å²) in [6, 6.07) is 12.1. The predicted octanol–water partition coefficient (Wildman–Crippen LogP) is 2.55. The van der Waals surface area contributed by atoms with Gasteiger partial charge in [0.25, 0.3) is 10.0 Å². The summed E-state index contributed by atoms with van der Waals surface area (Å²) >= 11 is 0. The molecule has 0 aliphatic heterocycles. The van der Waals surface area contributed by atoms with E-state index in [-0.39, 0.29) is 11.5 Å². The Hall–Kier alpha value is -1.92. The second-order valence-electron chi connectivity index (χ2n) is 4.56. The van der Waals surface area contributed by atoms with E-state index in [9.17, 15) is 12.8 Å². The third-order valence-corrected chi connectivity index (χ3v) is 4.34. The molecule has 112 valence electrons. The van der Waals surface area contributed by atoms with Gasteiger partial charge >= 0.3 is 0 Å². The van der Waals surface area contributed by atoms with E-state index in [0.29, 0.717) is 18.5 Å². The predicted molar refractivity (Wildman–Crippen MR) is 79.1 cm³/mol. The molecule has 21 heavy (non-hydrogen) atoms. The van der Waals surface area contributed by atoms with Crippen molar-refractivity contribution in [1.82, 2.24) is 0 Å². The molecular formula is C15H16FNO3S. The van der Waals surface area contributed by atoms with Crippen molar-refractivity contribution in [3.05, 3.63) is 59.9 Å². The lowest BCUT2D eigenvalue weighted by Gasteiger charge is -2.10. The molecule has 0 saturated carbocycles. The third kappa shape index (κ3) is 4.03. The van der Waals surface area contributed by atoms with E-state index in [1.165, 1.54) is 18.2 Å². The molecule has 0 amide bonds. The van der Waals surface area contributed by atoms with Gasteiger partial charge in [-0.1, -0.05) is 24.3 Å². The quantitative estimate of drug-likeness (QED) is 0.862. The molecule has 0 saturated heterocycles. The van der Waals surface area contributed by atoms with Crippen LogP contribution in [0.5, 0.6) is 0 Å². The fourth-order valence-corrected chi connectivity index (χ4v) is 3.08. The molecule has 0 bridgehead atoms. The Balaban J connectivity index is 2.23. The number of nitrogens with one attached hydrogen (secondary N) is 1. The Morgan fingerprint density at radius 2 is 1.86 bits per heavy atom. The first-order chi connectivity index (χ1) is 10.0. The molecule has 0 radical (unpaired) electrons. The average molecular weight is 309 g/mol. The number of hydrogen-bond donors (Lipinski definition) is 2. The molecule has 0 atom stereocenters. The van der Waals surface area contributed by atoms with Crippen LogP contribution in [-0.2, 0) is 16.4 Å². The number of rotatable bonds is 6. The molecule has 2 N–H and O–H groups in total. The minimum Gasteiger partial charge on any atom is -0.396 e. The van der Waals surface area contributed by atoms with Gasteiger partial charge in [-0.15, -0.1) is 0 Å². The molecule has 0 aromatic heterocycles. The number of sulfonamides is 1. The standard InChI is InChI=1S/C15H16FNO3S/c16-14-8-1-2-9-15(14)21(19,20)17-13-7-3-5-12(11-13)6-4-10-18/h1-3,5,7-9,11,17-18H,4,6,10H2. The number of halogens is 1. The van der Waals surface area contributed by atoms with Gasteiger partial charge in [0.05, 0.1) is 0 Å². The van der Waals surface area contributed by atoms with Gasteiger partial charge in [-0.2, -0.15) is 0 Å². The molecule has 2 rings (SSSR count). The highest BCUT2D eigenvalue weighted by Gasteiger charge is 2.18. The second-order valence-corrected chi connectivity index (χ2v) is 6.21. The zero-order valence-electron chi connectivity index (χ0n) is 11.3. The topological polar surface area (TPSA) is 66.4 Å². The van der Waals surface area contributed by atoms with Crippen molar-refractivity contribution in [2.75, 3.05) is 11.3 Å². The Bertz CT molecular complexity index is 716. The number of aliphatic hydroxyl groups is 1. The van der Waals surface area contributed by atoms with Gasteiger partial charge in [-0.25, -0.2) is 12.8 Å². The lowest BCUT2D eigenvalue weighted by Crippen LogP contribution is -2.14. The molecule has 0 fully saturated rings. The smallest absolute Gasteiger partial charge is 0.264 e. The van der Waals surface area contributed by atoms with Crippen molar-refractivity contribution in [3.63, 3.8) is 0 Å².